The van der Waals surface area contributed by atoms with E-state index >= 15 is 0 Å². The van der Waals surface area contributed by atoms with Crippen LogP contribution in [0.1, 0.15) is 30.4 Å². The van der Waals surface area contributed by atoms with E-state index in [0.717, 1.165) is 43.7 Å². The van der Waals surface area contributed by atoms with Gasteiger partial charge in [0.05, 0.1) is 0 Å². The molecular formula is C21H25N3O. The van der Waals surface area contributed by atoms with Crippen LogP contribution in [0.15, 0.2) is 48.5 Å². The predicted molar refractivity (Wildman–Crippen MR) is 102 cm³/mol. The van der Waals surface area contributed by atoms with Crippen molar-refractivity contribution in [3.05, 3.63) is 59.7 Å². The van der Waals surface area contributed by atoms with Gasteiger partial charge in [-0.15, -0.1) is 0 Å². The molecule has 2 aliphatic rings. The van der Waals surface area contributed by atoms with Gasteiger partial charge in [-0.3, -0.25) is 0 Å². The molecule has 1 aliphatic carbocycles. The highest BCUT2D eigenvalue weighted by molar-refractivity contribution is 5.90. The minimum atomic E-state index is 0.0244. The summed E-state index contributed by atoms with van der Waals surface area (Å²) >= 11 is 0. The van der Waals surface area contributed by atoms with E-state index in [1.54, 1.807) is 0 Å². The van der Waals surface area contributed by atoms with Crippen LogP contribution in [0.25, 0.3) is 0 Å². The molecule has 2 aromatic carbocycles. The first-order valence-electron chi connectivity index (χ1n) is 9.28. The number of carbonyl (C=O) groups excluding carboxylic acids is 1. The summed E-state index contributed by atoms with van der Waals surface area (Å²) in [7, 11) is 0. The molecule has 25 heavy (non-hydrogen) atoms. The number of amides is 2. The van der Waals surface area contributed by atoms with Crippen molar-refractivity contribution >= 4 is 17.4 Å². The number of likely N-dealkylation sites (tertiary alicyclic amines) is 1. The zero-order chi connectivity index (χ0) is 17.1. The molecule has 2 N–H and O–H groups in total. The fourth-order valence-corrected chi connectivity index (χ4v) is 3.93. The number of carbonyl (C=O) groups is 1. The summed E-state index contributed by atoms with van der Waals surface area (Å²) in [5, 5.41) is 6.67. The monoisotopic (exact) mass is 335 g/mol. The fraction of sp³-hybridized carbons (Fsp3) is 0.381. The number of hydrogen-bond acceptors (Lipinski definition) is 2. The number of nitrogens with one attached hydrogen (secondary N) is 2. The lowest BCUT2D eigenvalue weighted by Gasteiger charge is -2.22. The van der Waals surface area contributed by atoms with Gasteiger partial charge in [-0.2, -0.15) is 0 Å². The molecule has 0 aromatic heterocycles. The molecule has 0 saturated carbocycles. The predicted octanol–water partition coefficient (Wildman–Crippen LogP) is 4.28. The molecule has 0 spiro atoms. The smallest absolute Gasteiger partial charge is 0.321 e. The largest absolute Gasteiger partial charge is 0.380 e. The standard InChI is InChI=1S/C21H25N3O/c25-21(23-20-12-6-8-16-7-4-5-11-19(16)20)24-14-13-18(15-24)22-17-9-2-1-3-10-17/h1-3,6,8-10,12,18,22H,4-5,7,11,13-15H2,(H,23,25). The number of urea groups is 1. The van der Waals surface area contributed by atoms with Gasteiger partial charge in [0.15, 0.2) is 0 Å². The van der Waals surface area contributed by atoms with E-state index in [2.05, 4.69) is 34.9 Å². The van der Waals surface area contributed by atoms with Crippen molar-refractivity contribution in [2.45, 2.75) is 38.1 Å². The van der Waals surface area contributed by atoms with Crippen molar-refractivity contribution < 1.29 is 4.79 Å². The molecule has 1 heterocycles. The summed E-state index contributed by atoms with van der Waals surface area (Å²) in [6.45, 7) is 1.54. The van der Waals surface area contributed by atoms with Crippen molar-refractivity contribution in [3.8, 4) is 0 Å². The van der Waals surface area contributed by atoms with Gasteiger partial charge in [0.1, 0.15) is 0 Å². The molecule has 2 aromatic rings. The topological polar surface area (TPSA) is 44.4 Å². The van der Waals surface area contributed by atoms with E-state index in [-0.39, 0.29) is 6.03 Å². The van der Waals surface area contributed by atoms with Crippen LogP contribution in [0.4, 0.5) is 16.2 Å². The normalized spacial score (nSPS) is 19.4. The number of nitrogens with zero attached hydrogens (tertiary/aromatic N) is 1. The Balaban J connectivity index is 1.38. The number of rotatable bonds is 3. The Kier molecular flexibility index (Phi) is 4.59. The molecule has 1 saturated heterocycles. The molecule has 130 valence electrons. The Hall–Kier alpha value is -2.49. The van der Waals surface area contributed by atoms with Crippen molar-refractivity contribution in [1.82, 2.24) is 4.90 Å². The Morgan fingerprint density at radius 3 is 2.72 bits per heavy atom. The lowest BCUT2D eigenvalue weighted by atomic mass is 9.90. The summed E-state index contributed by atoms with van der Waals surface area (Å²) in [6, 6.07) is 16.8. The Labute approximate surface area is 149 Å². The molecule has 4 rings (SSSR count). The second-order valence-electron chi connectivity index (χ2n) is 7.02. The molecule has 0 bridgehead atoms. The lowest BCUT2D eigenvalue weighted by Crippen LogP contribution is -2.35. The third-order valence-corrected chi connectivity index (χ3v) is 5.26. The average molecular weight is 335 g/mol. The van der Waals surface area contributed by atoms with E-state index in [1.807, 2.05) is 29.2 Å². The first-order chi connectivity index (χ1) is 12.3. The molecule has 4 heteroatoms. The van der Waals surface area contributed by atoms with Gasteiger partial charge >= 0.3 is 6.03 Å². The van der Waals surface area contributed by atoms with Gasteiger partial charge in [0.25, 0.3) is 0 Å². The van der Waals surface area contributed by atoms with Gasteiger partial charge in [-0.1, -0.05) is 30.3 Å². The second kappa shape index (κ2) is 7.18. The zero-order valence-electron chi connectivity index (χ0n) is 14.5. The minimum absolute atomic E-state index is 0.0244. The first kappa shape index (κ1) is 16.0. The number of para-hydroxylation sites is 1. The number of anilines is 2. The minimum Gasteiger partial charge on any atom is -0.380 e. The van der Waals surface area contributed by atoms with Gasteiger partial charge in [0.2, 0.25) is 0 Å². The second-order valence-corrected chi connectivity index (χ2v) is 7.02. The average Bonchev–Trinajstić information content (AvgIpc) is 3.11. The van der Waals surface area contributed by atoms with Gasteiger partial charge in [0, 0.05) is 30.5 Å². The summed E-state index contributed by atoms with van der Waals surface area (Å²) in [5.74, 6) is 0. The van der Waals surface area contributed by atoms with Crippen molar-refractivity contribution in [1.29, 1.82) is 0 Å². The maximum absolute atomic E-state index is 12.7. The molecule has 1 unspecified atom stereocenters. The first-order valence-corrected chi connectivity index (χ1v) is 9.28. The molecule has 4 nitrogen and oxygen atoms in total. The lowest BCUT2D eigenvalue weighted by molar-refractivity contribution is 0.222. The van der Waals surface area contributed by atoms with E-state index < -0.39 is 0 Å². The summed E-state index contributed by atoms with van der Waals surface area (Å²) in [5.41, 5.74) is 4.85. The number of benzene rings is 2. The highest BCUT2D eigenvalue weighted by atomic mass is 16.2. The molecule has 0 radical (unpaired) electrons. The number of fused-ring (bicyclic) bond motifs is 1. The molecule has 2 amide bonds. The zero-order valence-corrected chi connectivity index (χ0v) is 14.5. The molecular weight excluding hydrogens is 310 g/mol. The van der Waals surface area contributed by atoms with Crippen LogP contribution < -0.4 is 10.6 Å². The van der Waals surface area contributed by atoms with Crippen LogP contribution >= 0.6 is 0 Å². The van der Waals surface area contributed by atoms with Crippen molar-refractivity contribution in [2.24, 2.45) is 0 Å². The Bertz CT molecular complexity index is 744. The van der Waals surface area contributed by atoms with E-state index in [9.17, 15) is 4.79 Å². The Morgan fingerprint density at radius 2 is 1.84 bits per heavy atom. The molecule has 1 atom stereocenters. The number of aryl methyl sites for hydroxylation is 1. The van der Waals surface area contributed by atoms with Crippen LogP contribution in [0, 0.1) is 0 Å². The maximum Gasteiger partial charge on any atom is 0.321 e. The Morgan fingerprint density at radius 1 is 1.00 bits per heavy atom. The van der Waals surface area contributed by atoms with E-state index in [1.165, 1.54) is 24.0 Å². The van der Waals surface area contributed by atoms with E-state index in [4.69, 9.17) is 0 Å². The van der Waals surface area contributed by atoms with E-state index in [0.29, 0.717) is 6.04 Å². The summed E-state index contributed by atoms with van der Waals surface area (Å²) < 4.78 is 0. The summed E-state index contributed by atoms with van der Waals surface area (Å²) in [6.07, 6.45) is 5.65. The third-order valence-electron chi connectivity index (χ3n) is 5.26. The van der Waals surface area contributed by atoms with Gasteiger partial charge in [-0.05, 0) is 61.4 Å². The number of hydrogen-bond donors (Lipinski definition) is 2. The van der Waals surface area contributed by atoms with Crippen molar-refractivity contribution in [3.63, 3.8) is 0 Å². The highest BCUT2D eigenvalue weighted by Gasteiger charge is 2.26. The summed E-state index contributed by atoms with van der Waals surface area (Å²) in [4.78, 5) is 14.6. The third kappa shape index (κ3) is 3.63. The van der Waals surface area contributed by atoms with Crippen LogP contribution in [0.5, 0.6) is 0 Å². The fourth-order valence-electron chi connectivity index (χ4n) is 3.93. The van der Waals surface area contributed by atoms with Crippen LogP contribution in [-0.4, -0.2) is 30.1 Å². The van der Waals surface area contributed by atoms with Crippen LogP contribution in [0.3, 0.4) is 0 Å². The molecule has 1 fully saturated rings. The van der Waals surface area contributed by atoms with Crippen molar-refractivity contribution in [2.75, 3.05) is 23.7 Å². The van der Waals surface area contributed by atoms with Gasteiger partial charge in [-0.25, -0.2) is 4.79 Å². The quantitative estimate of drug-likeness (QED) is 0.879. The molecule has 1 aliphatic heterocycles. The van der Waals surface area contributed by atoms with Crippen LogP contribution in [-0.2, 0) is 12.8 Å². The van der Waals surface area contributed by atoms with Gasteiger partial charge < -0.3 is 15.5 Å². The highest BCUT2D eigenvalue weighted by Crippen LogP contribution is 2.28. The SMILES string of the molecule is O=C(Nc1cccc2c1CCCC2)N1CCC(Nc2ccccc2)C1. The maximum atomic E-state index is 12.7. The van der Waals surface area contributed by atoms with Crippen LogP contribution in [0.2, 0.25) is 0 Å².